The number of hydrogen-bond donors (Lipinski definition) is 2. The Labute approximate surface area is 226 Å². The number of halogens is 6. The fourth-order valence-corrected chi connectivity index (χ4v) is 5.91. The van der Waals surface area contributed by atoms with Crippen molar-refractivity contribution in [2.24, 2.45) is 0 Å². The Hall–Kier alpha value is -3.51. The van der Waals surface area contributed by atoms with Crippen molar-refractivity contribution in [2.75, 3.05) is 11.4 Å². The lowest BCUT2D eigenvalue weighted by atomic mass is 9.94. The molecule has 4 rings (SSSR count). The lowest BCUT2D eigenvalue weighted by Gasteiger charge is -2.41. The summed E-state index contributed by atoms with van der Waals surface area (Å²) in [6.45, 7) is -0.232. The molecule has 1 saturated carbocycles. The summed E-state index contributed by atoms with van der Waals surface area (Å²) in [7, 11) is -10.4. The molecule has 0 spiro atoms. The van der Waals surface area contributed by atoms with Crippen molar-refractivity contribution < 1.29 is 38.5 Å². The van der Waals surface area contributed by atoms with Gasteiger partial charge in [-0.15, -0.1) is 0 Å². The Morgan fingerprint density at radius 1 is 1.15 bits per heavy atom. The SMILES string of the molecule is N#CN1C[C@H](O)C[C@@H]1C(=O)N(c1ccc(S(F)(F)(F)(F)F)c(F)c1)C(C(=O)NC1CCCCC1)c1cccnc1. The van der Waals surface area contributed by atoms with Crippen LogP contribution in [-0.4, -0.2) is 51.5 Å². The molecule has 0 radical (unpaired) electrons. The van der Waals surface area contributed by atoms with E-state index in [2.05, 4.69) is 10.3 Å². The van der Waals surface area contributed by atoms with Gasteiger partial charge < -0.3 is 10.4 Å². The molecular formula is C25H27F6N5O3S. The van der Waals surface area contributed by atoms with E-state index >= 15 is 0 Å². The molecule has 1 aliphatic carbocycles. The molecule has 2 aliphatic rings. The third-order valence-electron chi connectivity index (χ3n) is 7.00. The Balaban J connectivity index is 1.86. The number of carbonyl (C=O) groups is 2. The topological polar surface area (TPSA) is 110 Å². The maximum absolute atomic E-state index is 14.8. The number of β-amino-alcohol motifs (C(OH)–C–C–N with tert-alkyl or cyclic N) is 1. The van der Waals surface area contributed by atoms with Gasteiger partial charge in [0.25, 0.3) is 5.91 Å². The average Bonchev–Trinajstić information content (AvgIpc) is 3.27. The number of aromatic nitrogens is 1. The molecule has 1 aromatic heterocycles. The zero-order valence-corrected chi connectivity index (χ0v) is 21.8. The minimum absolute atomic E-state index is 0.100. The second-order valence-electron chi connectivity index (χ2n) is 9.98. The second kappa shape index (κ2) is 10.2. The van der Waals surface area contributed by atoms with Crippen LogP contribution in [0.4, 0.5) is 29.5 Å². The minimum Gasteiger partial charge on any atom is -0.391 e. The molecule has 2 heterocycles. The molecule has 2 fully saturated rings. The molecule has 218 valence electrons. The average molecular weight is 592 g/mol. The second-order valence-corrected chi connectivity index (χ2v) is 12.4. The van der Waals surface area contributed by atoms with E-state index in [0.29, 0.717) is 23.8 Å². The third-order valence-corrected chi connectivity index (χ3v) is 8.16. The molecular weight excluding hydrogens is 564 g/mol. The fourth-order valence-electron chi connectivity index (χ4n) is 5.16. The molecule has 2 amide bonds. The van der Waals surface area contributed by atoms with E-state index in [1.807, 2.05) is 0 Å². The molecule has 15 heteroatoms. The summed E-state index contributed by atoms with van der Waals surface area (Å²) in [6, 6.07) is 0.0383. The van der Waals surface area contributed by atoms with E-state index in [4.69, 9.17) is 0 Å². The zero-order valence-electron chi connectivity index (χ0n) is 21.0. The normalized spacial score (nSPS) is 22.5. The molecule has 40 heavy (non-hydrogen) atoms. The van der Waals surface area contributed by atoms with Crippen molar-refractivity contribution in [3.63, 3.8) is 0 Å². The van der Waals surface area contributed by atoms with Crippen molar-refractivity contribution in [1.82, 2.24) is 15.2 Å². The summed E-state index contributed by atoms with van der Waals surface area (Å²) in [5.41, 5.74) is -0.525. The Morgan fingerprint density at radius 2 is 1.85 bits per heavy atom. The number of nitrogens with one attached hydrogen (secondary N) is 1. The number of pyridine rings is 1. The highest BCUT2D eigenvalue weighted by Crippen LogP contribution is 3.02. The predicted octanol–water partition coefficient (Wildman–Crippen LogP) is 5.32. The van der Waals surface area contributed by atoms with Gasteiger partial charge in [0.2, 0.25) is 5.91 Å². The minimum atomic E-state index is -10.4. The van der Waals surface area contributed by atoms with Crippen LogP contribution in [-0.2, 0) is 9.59 Å². The van der Waals surface area contributed by atoms with E-state index in [1.165, 1.54) is 24.5 Å². The molecule has 1 aromatic carbocycles. The number of aliphatic hydroxyl groups is 1. The Bertz CT molecular complexity index is 1320. The van der Waals surface area contributed by atoms with Gasteiger partial charge >= 0.3 is 10.2 Å². The van der Waals surface area contributed by atoms with Gasteiger partial charge in [-0.1, -0.05) is 44.8 Å². The van der Waals surface area contributed by atoms with Gasteiger partial charge in [-0.2, -0.15) is 5.26 Å². The number of carbonyl (C=O) groups excluding carboxylic acids is 2. The van der Waals surface area contributed by atoms with Crippen LogP contribution in [0.1, 0.15) is 50.1 Å². The number of aliphatic hydroxyl groups excluding tert-OH is 1. The molecule has 2 aromatic rings. The highest BCUT2D eigenvalue weighted by atomic mass is 32.5. The first-order valence-electron chi connectivity index (χ1n) is 12.5. The van der Waals surface area contributed by atoms with E-state index < -0.39 is 56.6 Å². The number of likely N-dealkylation sites (tertiary alicyclic amines) is 1. The summed E-state index contributed by atoms with van der Waals surface area (Å²) < 4.78 is 81.9. The van der Waals surface area contributed by atoms with Crippen LogP contribution in [0.25, 0.3) is 0 Å². The van der Waals surface area contributed by atoms with Crippen molar-refractivity contribution in [2.45, 2.75) is 67.6 Å². The third kappa shape index (κ3) is 6.44. The van der Waals surface area contributed by atoms with Crippen LogP contribution < -0.4 is 10.2 Å². The summed E-state index contributed by atoms with van der Waals surface area (Å²) >= 11 is 0. The number of amides is 2. The summed E-state index contributed by atoms with van der Waals surface area (Å²) in [5.74, 6) is -4.12. The van der Waals surface area contributed by atoms with Crippen LogP contribution in [0, 0.1) is 17.3 Å². The quantitative estimate of drug-likeness (QED) is 0.333. The molecule has 3 atom stereocenters. The van der Waals surface area contributed by atoms with Gasteiger partial charge in [0.1, 0.15) is 22.8 Å². The van der Waals surface area contributed by atoms with E-state index in [9.17, 15) is 43.8 Å². The van der Waals surface area contributed by atoms with Crippen molar-refractivity contribution in [3.8, 4) is 6.19 Å². The molecule has 2 N–H and O–H groups in total. The van der Waals surface area contributed by atoms with Crippen LogP contribution in [0.3, 0.4) is 0 Å². The van der Waals surface area contributed by atoms with Crippen molar-refractivity contribution in [3.05, 3.63) is 54.1 Å². The Kier molecular flexibility index (Phi) is 7.48. The molecule has 1 aliphatic heterocycles. The monoisotopic (exact) mass is 591 g/mol. The van der Waals surface area contributed by atoms with Crippen LogP contribution in [0.15, 0.2) is 47.6 Å². The van der Waals surface area contributed by atoms with Crippen LogP contribution >= 0.6 is 10.2 Å². The number of benzene rings is 1. The van der Waals surface area contributed by atoms with E-state index in [1.54, 1.807) is 6.19 Å². The Morgan fingerprint density at radius 3 is 2.42 bits per heavy atom. The van der Waals surface area contributed by atoms with Crippen LogP contribution in [0.2, 0.25) is 0 Å². The van der Waals surface area contributed by atoms with Gasteiger partial charge in [0.15, 0.2) is 6.19 Å². The highest BCUT2D eigenvalue weighted by molar-refractivity contribution is 8.45. The summed E-state index contributed by atoms with van der Waals surface area (Å²) in [6.07, 6.45) is 6.90. The number of anilines is 1. The molecule has 1 unspecified atom stereocenters. The van der Waals surface area contributed by atoms with Gasteiger partial charge in [0.05, 0.1) is 12.6 Å². The smallest absolute Gasteiger partial charge is 0.313 e. The zero-order chi connectivity index (χ0) is 29.4. The standard InChI is InChI=1S/C25H27F6N5O3S/c26-20-11-18(8-9-22(20)40(27,28,29,30)31)36(25(39)21-12-19(37)14-35(21)15-32)23(16-5-4-10-33-13-16)24(38)34-17-6-2-1-3-7-17/h4-5,8-11,13,17,19,21,23,37H,1-3,6-7,12,14H2,(H,34,38)/t19-,21-,23?/m1/s1. The van der Waals surface area contributed by atoms with E-state index in [0.717, 1.165) is 24.2 Å². The number of nitrogens with zero attached hydrogens (tertiary/aromatic N) is 4. The first-order chi connectivity index (χ1) is 18.6. The van der Waals surface area contributed by atoms with Gasteiger partial charge in [0, 0.05) is 36.1 Å². The maximum Gasteiger partial charge on any atom is 0.313 e. The summed E-state index contributed by atoms with van der Waals surface area (Å²) in [5, 5.41) is 22.4. The predicted molar refractivity (Wildman–Crippen MR) is 134 cm³/mol. The number of nitriles is 1. The lowest BCUT2D eigenvalue weighted by molar-refractivity contribution is -0.128. The van der Waals surface area contributed by atoms with E-state index in [-0.39, 0.29) is 36.7 Å². The number of hydrogen-bond acceptors (Lipinski definition) is 6. The highest BCUT2D eigenvalue weighted by Gasteiger charge is 2.67. The van der Waals surface area contributed by atoms with Gasteiger partial charge in [-0.3, -0.25) is 24.4 Å². The molecule has 8 nitrogen and oxygen atoms in total. The van der Waals surface area contributed by atoms with Gasteiger partial charge in [-0.25, -0.2) is 4.39 Å². The lowest BCUT2D eigenvalue weighted by Crippen LogP contribution is -2.51. The largest absolute Gasteiger partial charge is 0.391 e. The maximum atomic E-state index is 14.8. The van der Waals surface area contributed by atoms with Crippen LogP contribution in [0.5, 0.6) is 0 Å². The molecule has 1 saturated heterocycles. The summed E-state index contributed by atoms with van der Waals surface area (Å²) in [4.78, 5) is 30.5. The first-order valence-corrected chi connectivity index (χ1v) is 14.5. The molecule has 0 bridgehead atoms. The van der Waals surface area contributed by atoms with Gasteiger partial charge in [-0.05, 0) is 37.1 Å². The van der Waals surface area contributed by atoms with Crippen molar-refractivity contribution >= 4 is 27.7 Å². The number of rotatable bonds is 7. The fraction of sp³-hybridized carbons (Fsp3) is 0.440. The van der Waals surface area contributed by atoms with Crippen molar-refractivity contribution in [1.29, 1.82) is 5.26 Å². The first kappa shape index (κ1) is 29.5.